The van der Waals surface area contributed by atoms with Crippen LogP contribution in [0, 0.1) is 0 Å². The number of nitrogens with zero attached hydrogens (tertiary/aromatic N) is 1. The lowest BCUT2D eigenvalue weighted by Gasteiger charge is -2.09. The predicted molar refractivity (Wildman–Crippen MR) is 76.4 cm³/mol. The van der Waals surface area contributed by atoms with E-state index in [1.54, 1.807) is 30.5 Å². The maximum atomic E-state index is 11.9. The zero-order valence-corrected chi connectivity index (χ0v) is 12.6. The Balaban J connectivity index is 2.34. The minimum Gasteiger partial charge on any atom is -0.421 e. The summed E-state index contributed by atoms with van der Waals surface area (Å²) < 4.78 is 6.46. The maximum Gasteiger partial charge on any atom is 0.345 e. The number of halogens is 2. The molecule has 0 amide bonds. The fraction of sp³-hybridized carbons (Fsp3) is 0. The predicted octanol–water partition coefficient (Wildman–Crippen LogP) is 3.64. The van der Waals surface area contributed by atoms with Crippen molar-refractivity contribution in [3.05, 3.63) is 56.7 Å². The first-order valence-electron chi connectivity index (χ1n) is 5.18. The molecule has 4 nitrogen and oxygen atoms in total. The summed E-state index contributed by atoms with van der Waals surface area (Å²) in [6.45, 7) is 0. The maximum absolute atomic E-state index is 11.9. The summed E-state index contributed by atoms with van der Waals surface area (Å²) in [4.78, 5) is 26.8. The average molecular weight is 385 g/mol. The second-order valence-corrected chi connectivity index (χ2v) is 5.33. The number of pyridine rings is 1. The zero-order chi connectivity index (χ0) is 13.8. The minimum atomic E-state index is -0.570. The number of carbonyl (C=O) groups excluding carboxylic acids is 2. The van der Waals surface area contributed by atoms with E-state index in [0.717, 1.165) is 0 Å². The van der Waals surface area contributed by atoms with E-state index in [-0.39, 0.29) is 11.3 Å². The summed E-state index contributed by atoms with van der Waals surface area (Å²) >= 11 is 6.52. The number of aldehydes is 1. The van der Waals surface area contributed by atoms with Crippen molar-refractivity contribution in [2.75, 3.05) is 0 Å². The standard InChI is InChI=1S/C13H7Br2NO3/c14-10-4-9(7-17)12(11(15)5-10)19-13(18)8-2-1-3-16-6-8/h1-7H. The quantitative estimate of drug-likeness (QED) is 0.460. The molecule has 96 valence electrons. The topological polar surface area (TPSA) is 56.3 Å². The first kappa shape index (κ1) is 13.9. The van der Waals surface area contributed by atoms with E-state index in [1.165, 1.54) is 6.20 Å². The molecule has 0 radical (unpaired) electrons. The summed E-state index contributed by atoms with van der Waals surface area (Å²) in [6, 6.07) is 6.49. The van der Waals surface area contributed by atoms with Crippen molar-refractivity contribution >= 4 is 44.1 Å². The molecule has 2 aromatic rings. The molecule has 0 N–H and O–H groups in total. The van der Waals surface area contributed by atoms with E-state index in [1.807, 2.05) is 0 Å². The first-order chi connectivity index (χ1) is 9.11. The van der Waals surface area contributed by atoms with Crippen LogP contribution in [0.3, 0.4) is 0 Å². The third-order valence-corrected chi connectivity index (χ3v) is 3.30. The molecule has 0 aliphatic carbocycles. The number of esters is 1. The molecule has 19 heavy (non-hydrogen) atoms. The van der Waals surface area contributed by atoms with E-state index >= 15 is 0 Å². The van der Waals surface area contributed by atoms with Crippen molar-refractivity contribution in [2.24, 2.45) is 0 Å². The normalized spacial score (nSPS) is 10.0. The van der Waals surface area contributed by atoms with Crippen LogP contribution in [0.2, 0.25) is 0 Å². The number of hydrogen-bond acceptors (Lipinski definition) is 4. The van der Waals surface area contributed by atoms with Gasteiger partial charge in [0, 0.05) is 16.9 Å². The molecule has 0 atom stereocenters. The van der Waals surface area contributed by atoms with Crippen LogP contribution >= 0.6 is 31.9 Å². The molecule has 0 saturated heterocycles. The molecule has 0 aliphatic rings. The van der Waals surface area contributed by atoms with E-state index in [4.69, 9.17) is 4.74 Å². The van der Waals surface area contributed by atoms with Gasteiger partial charge < -0.3 is 4.74 Å². The molecule has 0 saturated carbocycles. The van der Waals surface area contributed by atoms with Crippen LogP contribution in [0.1, 0.15) is 20.7 Å². The highest BCUT2D eigenvalue weighted by Gasteiger charge is 2.15. The number of hydrogen-bond donors (Lipinski definition) is 0. The zero-order valence-electron chi connectivity index (χ0n) is 9.47. The van der Waals surface area contributed by atoms with Crippen LogP contribution in [-0.4, -0.2) is 17.2 Å². The fourth-order valence-corrected chi connectivity index (χ4v) is 2.75. The molecule has 6 heteroatoms. The van der Waals surface area contributed by atoms with Gasteiger partial charge in [-0.1, -0.05) is 15.9 Å². The Bertz CT molecular complexity index is 629. The Morgan fingerprint density at radius 2 is 2.11 bits per heavy atom. The van der Waals surface area contributed by atoms with Gasteiger partial charge in [-0.3, -0.25) is 9.78 Å². The average Bonchev–Trinajstić information content (AvgIpc) is 2.42. The van der Waals surface area contributed by atoms with E-state index in [2.05, 4.69) is 36.8 Å². The van der Waals surface area contributed by atoms with Gasteiger partial charge in [0.1, 0.15) is 0 Å². The fourth-order valence-electron chi connectivity index (χ4n) is 1.41. The SMILES string of the molecule is O=Cc1cc(Br)cc(Br)c1OC(=O)c1cccnc1. The smallest absolute Gasteiger partial charge is 0.345 e. The van der Waals surface area contributed by atoms with Gasteiger partial charge in [0.05, 0.1) is 15.6 Å². The van der Waals surface area contributed by atoms with Gasteiger partial charge in [-0.2, -0.15) is 0 Å². The lowest BCUT2D eigenvalue weighted by atomic mass is 10.2. The molecule has 1 heterocycles. The highest BCUT2D eigenvalue weighted by Crippen LogP contribution is 2.32. The number of ether oxygens (including phenoxy) is 1. The van der Waals surface area contributed by atoms with Gasteiger partial charge >= 0.3 is 5.97 Å². The van der Waals surface area contributed by atoms with Crippen molar-refractivity contribution in [3.8, 4) is 5.75 Å². The van der Waals surface area contributed by atoms with Gasteiger partial charge in [0.15, 0.2) is 12.0 Å². The van der Waals surface area contributed by atoms with Crippen LogP contribution in [0.25, 0.3) is 0 Å². The molecule has 1 aromatic heterocycles. The Morgan fingerprint density at radius 1 is 1.32 bits per heavy atom. The summed E-state index contributed by atoms with van der Waals surface area (Å²) in [7, 11) is 0. The summed E-state index contributed by atoms with van der Waals surface area (Å²) in [5.41, 5.74) is 0.590. The van der Waals surface area contributed by atoms with Gasteiger partial charge in [-0.05, 0) is 40.2 Å². The van der Waals surface area contributed by atoms with Crippen molar-refractivity contribution in [3.63, 3.8) is 0 Å². The van der Waals surface area contributed by atoms with E-state index < -0.39 is 5.97 Å². The number of rotatable bonds is 3. The van der Waals surface area contributed by atoms with Gasteiger partial charge in [0.25, 0.3) is 0 Å². The number of benzene rings is 1. The van der Waals surface area contributed by atoms with Crippen molar-refractivity contribution in [1.29, 1.82) is 0 Å². The summed E-state index contributed by atoms with van der Waals surface area (Å²) in [6.07, 6.45) is 3.58. The van der Waals surface area contributed by atoms with E-state index in [9.17, 15) is 9.59 Å². The molecule has 0 aliphatic heterocycles. The van der Waals surface area contributed by atoms with Crippen LogP contribution in [-0.2, 0) is 0 Å². The Morgan fingerprint density at radius 3 is 2.74 bits per heavy atom. The minimum absolute atomic E-state index is 0.187. The second kappa shape index (κ2) is 6.08. The number of aromatic nitrogens is 1. The molecule has 0 unspecified atom stereocenters. The molecule has 0 fully saturated rings. The van der Waals surface area contributed by atoms with Crippen LogP contribution < -0.4 is 4.74 Å². The summed E-state index contributed by atoms with van der Waals surface area (Å²) in [5.74, 6) is -0.383. The molecule has 0 spiro atoms. The van der Waals surface area contributed by atoms with Gasteiger partial charge in [-0.25, -0.2) is 4.79 Å². The van der Waals surface area contributed by atoms with Gasteiger partial charge in [-0.15, -0.1) is 0 Å². The van der Waals surface area contributed by atoms with Crippen molar-refractivity contribution in [2.45, 2.75) is 0 Å². The molecule has 2 rings (SSSR count). The second-order valence-electron chi connectivity index (χ2n) is 3.56. The Kier molecular flexibility index (Phi) is 4.44. The van der Waals surface area contributed by atoms with E-state index in [0.29, 0.717) is 20.8 Å². The highest BCUT2D eigenvalue weighted by molar-refractivity contribution is 9.11. The third kappa shape index (κ3) is 3.27. The summed E-state index contributed by atoms with van der Waals surface area (Å²) in [5, 5.41) is 0. The third-order valence-electron chi connectivity index (χ3n) is 2.26. The molecule has 1 aromatic carbocycles. The van der Waals surface area contributed by atoms with Crippen LogP contribution in [0.5, 0.6) is 5.75 Å². The monoisotopic (exact) mass is 383 g/mol. The molecular weight excluding hydrogens is 378 g/mol. The highest BCUT2D eigenvalue weighted by atomic mass is 79.9. The van der Waals surface area contributed by atoms with Crippen molar-refractivity contribution < 1.29 is 14.3 Å². The lowest BCUT2D eigenvalue weighted by molar-refractivity contribution is 0.0732. The van der Waals surface area contributed by atoms with Crippen molar-refractivity contribution in [1.82, 2.24) is 4.98 Å². The number of carbonyl (C=O) groups is 2. The van der Waals surface area contributed by atoms with Gasteiger partial charge in [0.2, 0.25) is 0 Å². The Labute approximate surface area is 126 Å². The van der Waals surface area contributed by atoms with Crippen LogP contribution in [0.4, 0.5) is 0 Å². The van der Waals surface area contributed by atoms with Crippen LogP contribution in [0.15, 0.2) is 45.6 Å². The lowest BCUT2D eigenvalue weighted by Crippen LogP contribution is -2.10. The first-order valence-corrected chi connectivity index (χ1v) is 6.77. The largest absolute Gasteiger partial charge is 0.421 e. The molecule has 0 bridgehead atoms. The molecular formula is C13H7Br2NO3. The Hall–Kier alpha value is -1.53.